The summed E-state index contributed by atoms with van der Waals surface area (Å²) in [5, 5.41) is 9.83. The first-order valence-electron chi connectivity index (χ1n) is 4.45. The molecule has 0 bridgehead atoms. The van der Waals surface area contributed by atoms with Gasteiger partial charge in [-0.3, -0.25) is 0 Å². The second-order valence-corrected chi connectivity index (χ2v) is 2.99. The van der Waals surface area contributed by atoms with Crippen molar-refractivity contribution in [3.05, 3.63) is 24.5 Å². The lowest BCUT2D eigenvalue weighted by molar-refractivity contribution is 0.278. The normalized spacial score (nSPS) is 10.7. The smallest absolute Gasteiger partial charge is 0.222 e. The van der Waals surface area contributed by atoms with Crippen LogP contribution in [0.25, 0.3) is 10.9 Å². The molecule has 74 valence electrons. The molecule has 0 aromatic carbocycles. The number of rotatable bonds is 3. The van der Waals surface area contributed by atoms with Crippen LogP contribution < -0.4 is 4.74 Å². The van der Waals surface area contributed by atoms with E-state index in [2.05, 4.69) is 4.98 Å². The summed E-state index contributed by atoms with van der Waals surface area (Å²) in [7, 11) is 1.60. The fourth-order valence-corrected chi connectivity index (χ4v) is 1.56. The summed E-state index contributed by atoms with van der Waals surface area (Å²) in [5.41, 5.74) is 1.03. The van der Waals surface area contributed by atoms with E-state index in [0.717, 1.165) is 10.9 Å². The topological polar surface area (TPSA) is 47.3 Å². The molecule has 14 heavy (non-hydrogen) atoms. The van der Waals surface area contributed by atoms with E-state index >= 15 is 0 Å². The molecular formula is C10H12N2O2. The van der Waals surface area contributed by atoms with Crippen molar-refractivity contribution in [3.63, 3.8) is 0 Å². The van der Waals surface area contributed by atoms with Gasteiger partial charge in [0.1, 0.15) is 0 Å². The van der Waals surface area contributed by atoms with E-state index in [9.17, 15) is 0 Å². The molecule has 0 aliphatic heterocycles. The molecule has 0 amide bonds. The van der Waals surface area contributed by atoms with E-state index in [1.54, 1.807) is 13.3 Å². The first-order valence-corrected chi connectivity index (χ1v) is 4.45. The van der Waals surface area contributed by atoms with E-state index in [1.165, 1.54) is 0 Å². The fraction of sp³-hybridized carbons (Fsp3) is 0.300. The second-order valence-electron chi connectivity index (χ2n) is 2.99. The molecule has 0 aliphatic rings. The number of hydrogen-bond donors (Lipinski definition) is 1. The van der Waals surface area contributed by atoms with Crippen LogP contribution in [0.5, 0.6) is 5.88 Å². The molecule has 0 atom stereocenters. The highest BCUT2D eigenvalue weighted by Gasteiger charge is 2.05. The van der Waals surface area contributed by atoms with Gasteiger partial charge >= 0.3 is 0 Å². The van der Waals surface area contributed by atoms with Crippen molar-refractivity contribution in [3.8, 4) is 5.88 Å². The zero-order chi connectivity index (χ0) is 9.97. The molecule has 0 spiro atoms. The summed E-state index contributed by atoms with van der Waals surface area (Å²) in [5.74, 6) is 0.624. The molecule has 1 N–H and O–H groups in total. The van der Waals surface area contributed by atoms with Crippen LogP contribution >= 0.6 is 0 Å². The van der Waals surface area contributed by atoms with Crippen molar-refractivity contribution in [2.45, 2.75) is 6.54 Å². The third kappa shape index (κ3) is 1.33. The average Bonchev–Trinajstić information content (AvgIpc) is 2.62. The Morgan fingerprint density at radius 3 is 3.07 bits per heavy atom. The minimum Gasteiger partial charge on any atom is -0.481 e. The Morgan fingerprint density at radius 1 is 1.50 bits per heavy atom. The van der Waals surface area contributed by atoms with Gasteiger partial charge < -0.3 is 14.4 Å². The fourth-order valence-electron chi connectivity index (χ4n) is 1.56. The van der Waals surface area contributed by atoms with E-state index < -0.39 is 0 Å². The first kappa shape index (κ1) is 9.02. The highest BCUT2D eigenvalue weighted by molar-refractivity contribution is 5.84. The number of aliphatic hydroxyl groups excluding tert-OH is 1. The number of fused-ring (bicyclic) bond motifs is 1. The SMILES string of the molecule is COc1nccc2c1ccn2CCO. The number of nitrogens with zero attached hydrogens (tertiary/aromatic N) is 2. The molecule has 2 aromatic heterocycles. The summed E-state index contributed by atoms with van der Waals surface area (Å²) in [4.78, 5) is 4.10. The van der Waals surface area contributed by atoms with Crippen molar-refractivity contribution < 1.29 is 9.84 Å². The molecule has 4 nitrogen and oxygen atoms in total. The van der Waals surface area contributed by atoms with E-state index in [0.29, 0.717) is 12.4 Å². The highest BCUT2D eigenvalue weighted by Crippen LogP contribution is 2.23. The maximum Gasteiger partial charge on any atom is 0.222 e. The third-order valence-electron chi connectivity index (χ3n) is 2.20. The van der Waals surface area contributed by atoms with Gasteiger partial charge in [-0.2, -0.15) is 0 Å². The van der Waals surface area contributed by atoms with Gasteiger partial charge in [-0.05, 0) is 12.1 Å². The summed E-state index contributed by atoms with van der Waals surface area (Å²) >= 11 is 0. The van der Waals surface area contributed by atoms with Crippen molar-refractivity contribution >= 4 is 10.9 Å². The number of ether oxygens (including phenoxy) is 1. The van der Waals surface area contributed by atoms with Gasteiger partial charge in [-0.25, -0.2) is 4.98 Å². The van der Waals surface area contributed by atoms with Crippen molar-refractivity contribution in [1.82, 2.24) is 9.55 Å². The zero-order valence-electron chi connectivity index (χ0n) is 7.97. The largest absolute Gasteiger partial charge is 0.481 e. The lowest BCUT2D eigenvalue weighted by atomic mass is 10.3. The quantitative estimate of drug-likeness (QED) is 0.790. The summed E-state index contributed by atoms with van der Waals surface area (Å²) in [6, 6.07) is 3.85. The van der Waals surface area contributed by atoms with Crippen LogP contribution in [0.15, 0.2) is 24.5 Å². The lowest BCUT2D eigenvalue weighted by Crippen LogP contribution is -2.00. The van der Waals surface area contributed by atoms with Crippen LogP contribution in [0.1, 0.15) is 0 Å². The molecular weight excluding hydrogens is 180 g/mol. The Morgan fingerprint density at radius 2 is 2.36 bits per heavy atom. The Kier molecular flexibility index (Phi) is 2.37. The number of aliphatic hydroxyl groups is 1. The van der Waals surface area contributed by atoms with Gasteiger partial charge in [0.05, 0.1) is 24.6 Å². The second kappa shape index (κ2) is 3.67. The molecule has 0 fully saturated rings. The maximum absolute atomic E-state index is 8.86. The van der Waals surface area contributed by atoms with Crippen molar-refractivity contribution in [2.75, 3.05) is 13.7 Å². The van der Waals surface area contributed by atoms with Crippen molar-refractivity contribution in [2.24, 2.45) is 0 Å². The lowest BCUT2D eigenvalue weighted by Gasteiger charge is -2.03. The van der Waals surface area contributed by atoms with E-state index in [4.69, 9.17) is 9.84 Å². The Bertz CT molecular complexity index is 437. The van der Waals surface area contributed by atoms with E-state index in [1.807, 2.05) is 22.9 Å². The molecule has 0 saturated heterocycles. The maximum atomic E-state index is 8.86. The van der Waals surface area contributed by atoms with Gasteiger partial charge in [-0.1, -0.05) is 0 Å². The molecule has 0 radical (unpaired) electrons. The Balaban J connectivity index is 2.57. The minimum absolute atomic E-state index is 0.133. The van der Waals surface area contributed by atoms with E-state index in [-0.39, 0.29) is 6.61 Å². The number of pyridine rings is 1. The summed E-state index contributed by atoms with van der Waals surface area (Å²) in [6.07, 6.45) is 3.63. The summed E-state index contributed by atoms with van der Waals surface area (Å²) < 4.78 is 7.10. The van der Waals surface area contributed by atoms with Crippen LogP contribution in [0.4, 0.5) is 0 Å². The molecule has 2 aromatic rings. The first-order chi connectivity index (χ1) is 6.86. The average molecular weight is 192 g/mol. The predicted octanol–water partition coefficient (Wildman–Crippen LogP) is 1.04. The number of methoxy groups -OCH3 is 1. The van der Waals surface area contributed by atoms with Gasteiger partial charge in [0.15, 0.2) is 0 Å². The number of hydrogen-bond acceptors (Lipinski definition) is 3. The Hall–Kier alpha value is -1.55. The molecule has 0 unspecified atom stereocenters. The van der Waals surface area contributed by atoms with Crippen LogP contribution in [-0.4, -0.2) is 28.4 Å². The predicted molar refractivity (Wildman–Crippen MR) is 53.4 cm³/mol. The van der Waals surface area contributed by atoms with Gasteiger partial charge in [-0.15, -0.1) is 0 Å². The standard InChI is InChI=1S/C10H12N2O2/c1-14-10-8-3-5-12(6-7-13)9(8)2-4-11-10/h2-5,13H,6-7H2,1H3. The van der Waals surface area contributed by atoms with Crippen LogP contribution in [0, 0.1) is 0 Å². The van der Waals surface area contributed by atoms with Crippen molar-refractivity contribution in [1.29, 1.82) is 0 Å². The summed E-state index contributed by atoms with van der Waals surface area (Å²) in [6.45, 7) is 0.727. The minimum atomic E-state index is 0.133. The molecule has 2 heterocycles. The third-order valence-corrected chi connectivity index (χ3v) is 2.20. The molecule has 4 heteroatoms. The van der Waals surface area contributed by atoms with Crippen LogP contribution in [0.2, 0.25) is 0 Å². The molecule has 2 rings (SSSR count). The highest BCUT2D eigenvalue weighted by atomic mass is 16.5. The van der Waals surface area contributed by atoms with Crippen LogP contribution in [0.3, 0.4) is 0 Å². The monoisotopic (exact) mass is 192 g/mol. The van der Waals surface area contributed by atoms with Gasteiger partial charge in [0.25, 0.3) is 0 Å². The van der Waals surface area contributed by atoms with Gasteiger partial charge in [0.2, 0.25) is 5.88 Å². The van der Waals surface area contributed by atoms with Gasteiger partial charge in [0, 0.05) is 18.9 Å². The molecule has 0 saturated carbocycles. The molecule has 0 aliphatic carbocycles. The zero-order valence-corrected chi connectivity index (χ0v) is 7.97. The number of aromatic nitrogens is 2. The van der Waals surface area contributed by atoms with Crippen LogP contribution in [-0.2, 0) is 6.54 Å². The Labute approximate surface area is 81.8 Å².